The monoisotopic (exact) mass is 793 g/mol. The molecule has 0 aliphatic heterocycles. The van der Waals surface area contributed by atoms with Crippen LogP contribution in [0.3, 0.4) is 0 Å². The molecule has 0 bridgehead atoms. The molecule has 1 aliphatic carbocycles. The van der Waals surface area contributed by atoms with Gasteiger partial charge in [0.05, 0.1) is 16.6 Å². The van der Waals surface area contributed by atoms with Gasteiger partial charge in [-0.15, -0.1) is 0 Å². The van der Waals surface area contributed by atoms with Gasteiger partial charge < -0.3 is 14.5 Å². The van der Waals surface area contributed by atoms with Gasteiger partial charge in [0, 0.05) is 61.3 Å². The predicted molar refractivity (Wildman–Crippen MR) is 263 cm³/mol. The molecule has 0 saturated heterocycles. The maximum atomic E-state index is 3.90. The summed E-state index contributed by atoms with van der Waals surface area (Å²) in [5.74, 6) is 0.458. The van der Waals surface area contributed by atoms with E-state index in [4.69, 9.17) is 0 Å². The van der Waals surface area contributed by atoms with Crippen LogP contribution < -0.4 is 5.32 Å². The van der Waals surface area contributed by atoms with E-state index in [1.807, 2.05) is 0 Å². The summed E-state index contributed by atoms with van der Waals surface area (Å²) < 4.78 is 4.94. The van der Waals surface area contributed by atoms with E-state index in [0.29, 0.717) is 5.92 Å². The molecular formula is C59H43N3. The lowest BCUT2D eigenvalue weighted by Gasteiger charge is -2.19. The van der Waals surface area contributed by atoms with Crippen molar-refractivity contribution >= 4 is 60.9 Å². The van der Waals surface area contributed by atoms with E-state index in [1.54, 1.807) is 0 Å². The highest BCUT2D eigenvalue weighted by atomic mass is 15.0. The number of nitrogens with one attached hydrogen (secondary N) is 1. The second-order valence-corrected chi connectivity index (χ2v) is 16.7. The number of hydrogen-bond acceptors (Lipinski definition) is 1. The van der Waals surface area contributed by atoms with Crippen LogP contribution in [-0.4, -0.2) is 9.13 Å². The maximum absolute atomic E-state index is 3.90. The average molecular weight is 794 g/mol. The highest BCUT2D eigenvalue weighted by Crippen LogP contribution is 2.44. The van der Waals surface area contributed by atoms with Gasteiger partial charge in [-0.25, -0.2) is 0 Å². The Balaban J connectivity index is 1.06. The van der Waals surface area contributed by atoms with Crippen molar-refractivity contribution in [3.05, 3.63) is 224 Å². The Kier molecular flexibility index (Phi) is 8.53. The average Bonchev–Trinajstić information content (AvgIpc) is 3.84. The van der Waals surface area contributed by atoms with Gasteiger partial charge in [-0.1, -0.05) is 159 Å². The number of rotatable bonds is 7. The quantitative estimate of drug-likeness (QED) is 0.171. The van der Waals surface area contributed by atoms with Crippen LogP contribution in [0.4, 0.5) is 11.4 Å². The molecule has 9 aromatic carbocycles. The van der Waals surface area contributed by atoms with Crippen molar-refractivity contribution in [2.75, 3.05) is 5.32 Å². The SMILES string of the molecule is CC1C=Cc2c(n(-c3ccccc3)c3c(-c4cc(-c5ccc6c(c5)c5ccccc5n6-c5cccc(-c6ccccc6)c5)ccc4Nc4ccc5ccccc5c4)cccc23)C1. The molecule has 1 unspecified atom stereocenters. The highest BCUT2D eigenvalue weighted by molar-refractivity contribution is 6.11. The van der Waals surface area contributed by atoms with Crippen LogP contribution in [0.2, 0.25) is 0 Å². The van der Waals surface area contributed by atoms with Gasteiger partial charge in [0.15, 0.2) is 0 Å². The number of anilines is 2. The molecule has 294 valence electrons. The van der Waals surface area contributed by atoms with Gasteiger partial charge in [0.2, 0.25) is 0 Å². The van der Waals surface area contributed by atoms with Crippen LogP contribution >= 0.6 is 0 Å². The largest absolute Gasteiger partial charge is 0.355 e. The first-order valence-corrected chi connectivity index (χ1v) is 21.6. The van der Waals surface area contributed by atoms with Gasteiger partial charge in [-0.2, -0.15) is 0 Å². The molecule has 1 aliphatic rings. The Morgan fingerprint density at radius 2 is 1.13 bits per heavy atom. The summed E-state index contributed by atoms with van der Waals surface area (Å²) in [6.45, 7) is 2.32. The third kappa shape index (κ3) is 6.04. The van der Waals surface area contributed by atoms with Gasteiger partial charge in [0.25, 0.3) is 0 Å². The van der Waals surface area contributed by atoms with Gasteiger partial charge in [0.1, 0.15) is 0 Å². The maximum Gasteiger partial charge on any atom is 0.0616 e. The first kappa shape index (κ1) is 36.0. The molecule has 3 nitrogen and oxygen atoms in total. The van der Waals surface area contributed by atoms with E-state index >= 15 is 0 Å². The third-order valence-electron chi connectivity index (χ3n) is 12.8. The van der Waals surface area contributed by atoms with Crippen LogP contribution in [0, 0.1) is 5.92 Å². The van der Waals surface area contributed by atoms with Crippen molar-refractivity contribution in [1.82, 2.24) is 9.13 Å². The standard InChI is InChI=1S/C59H43N3/c1-39-26-31-50-51-23-13-24-52(59(51)62(58(50)34-39)47-19-6-3-7-20-47)53-37-44(28-32-55(53)60-46-30-27-41-16-8-9-17-42(41)35-46)45-29-33-57-54(38-45)49-22-10-11-25-56(49)61(57)48-21-12-18-43(36-48)40-14-4-2-5-15-40/h2-33,35-39,60H,34H2,1H3. The summed E-state index contributed by atoms with van der Waals surface area (Å²) in [6, 6.07) is 75.3. The summed E-state index contributed by atoms with van der Waals surface area (Å²) in [5, 5.41) is 10.1. The van der Waals surface area contributed by atoms with E-state index in [-0.39, 0.29) is 0 Å². The lowest BCUT2D eigenvalue weighted by Crippen LogP contribution is -2.08. The Bertz CT molecular complexity index is 3530. The third-order valence-corrected chi connectivity index (χ3v) is 12.8. The summed E-state index contributed by atoms with van der Waals surface area (Å²) >= 11 is 0. The lowest BCUT2D eigenvalue weighted by molar-refractivity contribution is 0.690. The minimum atomic E-state index is 0.458. The van der Waals surface area contributed by atoms with Gasteiger partial charge in [-0.3, -0.25) is 0 Å². The van der Waals surface area contributed by atoms with Gasteiger partial charge >= 0.3 is 0 Å². The minimum Gasteiger partial charge on any atom is -0.355 e. The highest BCUT2D eigenvalue weighted by Gasteiger charge is 2.25. The molecule has 2 aromatic heterocycles. The number of fused-ring (bicyclic) bond motifs is 7. The molecular weight excluding hydrogens is 751 g/mol. The number of benzene rings is 9. The summed E-state index contributed by atoms with van der Waals surface area (Å²) in [4.78, 5) is 0. The van der Waals surface area contributed by atoms with Crippen LogP contribution in [0.15, 0.2) is 212 Å². The van der Waals surface area contributed by atoms with Crippen molar-refractivity contribution in [2.24, 2.45) is 5.92 Å². The number of hydrogen-bond donors (Lipinski definition) is 1. The molecule has 0 fully saturated rings. The first-order valence-electron chi connectivity index (χ1n) is 21.6. The predicted octanol–water partition coefficient (Wildman–Crippen LogP) is 15.8. The molecule has 1 N–H and O–H groups in total. The Labute approximate surface area is 361 Å². The molecule has 1 atom stereocenters. The van der Waals surface area contributed by atoms with Crippen molar-refractivity contribution in [3.63, 3.8) is 0 Å². The second-order valence-electron chi connectivity index (χ2n) is 16.7. The van der Waals surface area contributed by atoms with Crippen molar-refractivity contribution in [2.45, 2.75) is 13.3 Å². The fraction of sp³-hybridized carbons (Fsp3) is 0.0508. The van der Waals surface area contributed by atoms with E-state index in [2.05, 4.69) is 240 Å². The molecule has 0 spiro atoms. The number of nitrogens with zero attached hydrogens (tertiary/aromatic N) is 2. The van der Waals surface area contributed by atoms with Crippen LogP contribution in [0.25, 0.3) is 94.3 Å². The molecule has 0 radical (unpaired) electrons. The molecule has 11 aromatic rings. The molecule has 0 amide bonds. The van der Waals surface area contributed by atoms with E-state index < -0.39 is 0 Å². The van der Waals surface area contributed by atoms with Crippen molar-refractivity contribution in [1.29, 1.82) is 0 Å². The summed E-state index contributed by atoms with van der Waals surface area (Å²) in [7, 11) is 0. The molecule has 62 heavy (non-hydrogen) atoms. The van der Waals surface area contributed by atoms with Crippen LogP contribution in [0.5, 0.6) is 0 Å². The number of allylic oxidation sites excluding steroid dienone is 1. The molecule has 0 saturated carbocycles. The second kappa shape index (κ2) is 14.7. The Hall–Kier alpha value is -7.88. The normalized spacial score (nSPS) is 13.6. The van der Waals surface area contributed by atoms with Crippen molar-refractivity contribution < 1.29 is 0 Å². The van der Waals surface area contributed by atoms with E-state index in [0.717, 1.165) is 29.0 Å². The van der Waals surface area contributed by atoms with E-state index in [1.165, 1.54) is 88.2 Å². The lowest BCUT2D eigenvalue weighted by atomic mass is 9.93. The van der Waals surface area contributed by atoms with Gasteiger partial charge in [-0.05, 0) is 112 Å². The first-order chi connectivity index (χ1) is 30.6. The van der Waals surface area contributed by atoms with E-state index in [9.17, 15) is 0 Å². The number of para-hydroxylation sites is 3. The zero-order valence-corrected chi connectivity index (χ0v) is 34.5. The fourth-order valence-electron chi connectivity index (χ4n) is 9.88. The molecule has 3 heteroatoms. The zero-order chi connectivity index (χ0) is 41.1. The van der Waals surface area contributed by atoms with Crippen LogP contribution in [-0.2, 0) is 6.42 Å². The Morgan fingerprint density at radius 1 is 0.452 bits per heavy atom. The molecule has 2 heterocycles. The topological polar surface area (TPSA) is 21.9 Å². The number of aromatic nitrogens is 2. The fourth-order valence-corrected chi connectivity index (χ4v) is 9.88. The van der Waals surface area contributed by atoms with Crippen molar-refractivity contribution in [3.8, 4) is 44.8 Å². The zero-order valence-electron chi connectivity index (χ0n) is 34.5. The van der Waals surface area contributed by atoms with Crippen LogP contribution in [0.1, 0.15) is 18.2 Å². The Morgan fingerprint density at radius 3 is 2.02 bits per heavy atom. The molecule has 12 rings (SSSR count). The smallest absolute Gasteiger partial charge is 0.0616 e. The summed E-state index contributed by atoms with van der Waals surface area (Å²) in [5.41, 5.74) is 17.9. The minimum absolute atomic E-state index is 0.458. The summed E-state index contributed by atoms with van der Waals surface area (Å²) in [6.07, 6.45) is 5.70.